The van der Waals surface area contributed by atoms with Crippen molar-refractivity contribution in [2.24, 2.45) is 0 Å². The molecule has 1 amide bonds. The van der Waals surface area contributed by atoms with E-state index in [0.717, 1.165) is 18.9 Å². The third-order valence-corrected chi connectivity index (χ3v) is 4.59. The summed E-state index contributed by atoms with van der Waals surface area (Å²) in [5, 5.41) is 0. The van der Waals surface area contributed by atoms with Gasteiger partial charge in [-0.25, -0.2) is 9.97 Å². The van der Waals surface area contributed by atoms with Gasteiger partial charge in [-0.1, -0.05) is 12.1 Å². The fraction of sp³-hybridized carbons (Fsp3) is 0.421. The standard InChI is InChI=1S/C19H25N5O/c1-14-5-6-15(2)17(11-14)23-7-9-24(10-8-23)19(25)16-12-21-18(13-20-16)22(3)4/h5-6,11-13H,7-10H2,1-4H3. The third-order valence-electron chi connectivity index (χ3n) is 4.59. The van der Waals surface area contributed by atoms with Crippen molar-refractivity contribution in [3.8, 4) is 0 Å². The van der Waals surface area contributed by atoms with Crippen molar-refractivity contribution in [2.45, 2.75) is 13.8 Å². The summed E-state index contributed by atoms with van der Waals surface area (Å²) in [7, 11) is 3.80. The number of anilines is 2. The monoisotopic (exact) mass is 339 g/mol. The molecule has 132 valence electrons. The number of hydrogen-bond donors (Lipinski definition) is 0. The molecule has 1 aromatic carbocycles. The van der Waals surface area contributed by atoms with Gasteiger partial charge in [-0.2, -0.15) is 0 Å². The van der Waals surface area contributed by atoms with Crippen molar-refractivity contribution in [1.82, 2.24) is 14.9 Å². The molecule has 2 aromatic rings. The largest absolute Gasteiger partial charge is 0.368 e. The topological polar surface area (TPSA) is 52.6 Å². The molecule has 0 radical (unpaired) electrons. The van der Waals surface area contributed by atoms with Gasteiger partial charge in [0.1, 0.15) is 11.5 Å². The summed E-state index contributed by atoms with van der Waals surface area (Å²) in [6.07, 6.45) is 3.20. The van der Waals surface area contributed by atoms with Crippen molar-refractivity contribution < 1.29 is 4.79 Å². The highest BCUT2D eigenvalue weighted by atomic mass is 16.2. The van der Waals surface area contributed by atoms with E-state index in [2.05, 4.69) is 46.9 Å². The van der Waals surface area contributed by atoms with E-state index >= 15 is 0 Å². The summed E-state index contributed by atoms with van der Waals surface area (Å²) < 4.78 is 0. The predicted molar refractivity (Wildman–Crippen MR) is 100 cm³/mol. The molecule has 6 heteroatoms. The molecule has 0 aliphatic carbocycles. The van der Waals surface area contributed by atoms with Gasteiger partial charge in [0.05, 0.1) is 12.4 Å². The average molecular weight is 339 g/mol. The molecule has 3 rings (SSSR count). The van der Waals surface area contributed by atoms with Gasteiger partial charge < -0.3 is 14.7 Å². The number of hydrogen-bond acceptors (Lipinski definition) is 5. The molecule has 0 saturated carbocycles. The highest BCUT2D eigenvalue weighted by molar-refractivity contribution is 5.92. The molecule has 0 bridgehead atoms. The first kappa shape index (κ1) is 17.2. The van der Waals surface area contributed by atoms with Crippen molar-refractivity contribution >= 4 is 17.4 Å². The lowest BCUT2D eigenvalue weighted by Crippen LogP contribution is -2.49. The molecule has 1 saturated heterocycles. The van der Waals surface area contributed by atoms with Gasteiger partial charge in [-0.15, -0.1) is 0 Å². The van der Waals surface area contributed by atoms with Crippen LogP contribution in [0.15, 0.2) is 30.6 Å². The van der Waals surface area contributed by atoms with Crippen molar-refractivity contribution in [2.75, 3.05) is 50.1 Å². The number of nitrogens with zero attached hydrogens (tertiary/aromatic N) is 5. The van der Waals surface area contributed by atoms with Crippen LogP contribution >= 0.6 is 0 Å². The van der Waals surface area contributed by atoms with E-state index in [4.69, 9.17) is 0 Å². The second kappa shape index (κ2) is 7.09. The first-order valence-corrected chi connectivity index (χ1v) is 8.56. The van der Waals surface area contributed by atoms with E-state index in [1.54, 1.807) is 12.4 Å². The van der Waals surface area contributed by atoms with Crippen LogP contribution in [-0.2, 0) is 0 Å². The number of carbonyl (C=O) groups is 1. The molecule has 1 aliphatic rings. The van der Waals surface area contributed by atoms with Crippen LogP contribution < -0.4 is 9.80 Å². The number of aryl methyl sites for hydroxylation is 2. The Morgan fingerprint density at radius 2 is 1.76 bits per heavy atom. The van der Waals surface area contributed by atoms with Crippen molar-refractivity contribution in [1.29, 1.82) is 0 Å². The summed E-state index contributed by atoms with van der Waals surface area (Å²) in [6, 6.07) is 6.51. The number of amides is 1. The van der Waals surface area contributed by atoms with Gasteiger partial charge in [0, 0.05) is 46.0 Å². The molecular weight excluding hydrogens is 314 g/mol. The second-order valence-corrected chi connectivity index (χ2v) is 6.72. The normalized spacial score (nSPS) is 14.6. The van der Waals surface area contributed by atoms with Gasteiger partial charge >= 0.3 is 0 Å². The number of carbonyl (C=O) groups excluding carboxylic acids is 1. The fourth-order valence-electron chi connectivity index (χ4n) is 3.04. The molecule has 0 spiro atoms. The maximum Gasteiger partial charge on any atom is 0.274 e. The molecule has 2 heterocycles. The highest BCUT2D eigenvalue weighted by Gasteiger charge is 2.24. The summed E-state index contributed by atoms with van der Waals surface area (Å²) in [5.74, 6) is 0.703. The molecule has 0 unspecified atom stereocenters. The van der Waals surface area contributed by atoms with E-state index in [9.17, 15) is 4.79 Å². The average Bonchev–Trinajstić information content (AvgIpc) is 2.63. The summed E-state index contributed by atoms with van der Waals surface area (Å²) in [4.78, 5) is 27.3. The summed E-state index contributed by atoms with van der Waals surface area (Å²) in [6.45, 7) is 7.30. The molecule has 1 aromatic heterocycles. The first-order valence-electron chi connectivity index (χ1n) is 8.56. The Bertz CT molecular complexity index is 749. The minimum atomic E-state index is -0.0431. The summed E-state index contributed by atoms with van der Waals surface area (Å²) in [5.41, 5.74) is 4.21. The van der Waals surface area contributed by atoms with Gasteiger partial charge in [-0.05, 0) is 31.0 Å². The third kappa shape index (κ3) is 3.73. The smallest absolute Gasteiger partial charge is 0.274 e. The van der Waals surface area contributed by atoms with Crippen LogP contribution in [0.5, 0.6) is 0 Å². The van der Waals surface area contributed by atoms with Gasteiger partial charge in [0.25, 0.3) is 5.91 Å². The Morgan fingerprint density at radius 1 is 1.04 bits per heavy atom. The zero-order chi connectivity index (χ0) is 18.0. The van der Waals surface area contributed by atoms with Crippen LogP contribution in [0.3, 0.4) is 0 Å². The van der Waals surface area contributed by atoms with E-state index in [1.165, 1.54) is 16.8 Å². The van der Waals surface area contributed by atoms with Crippen LogP contribution in [0.25, 0.3) is 0 Å². The lowest BCUT2D eigenvalue weighted by molar-refractivity contribution is 0.0740. The number of benzene rings is 1. The highest BCUT2D eigenvalue weighted by Crippen LogP contribution is 2.23. The molecule has 1 fully saturated rings. The fourth-order valence-corrected chi connectivity index (χ4v) is 3.04. The van der Waals surface area contributed by atoms with Crippen molar-refractivity contribution in [3.63, 3.8) is 0 Å². The summed E-state index contributed by atoms with van der Waals surface area (Å²) >= 11 is 0. The predicted octanol–water partition coefficient (Wildman–Crippen LogP) is 2.12. The zero-order valence-corrected chi connectivity index (χ0v) is 15.4. The zero-order valence-electron chi connectivity index (χ0n) is 15.4. The van der Waals surface area contributed by atoms with E-state index in [-0.39, 0.29) is 5.91 Å². The maximum absolute atomic E-state index is 12.6. The lowest BCUT2D eigenvalue weighted by atomic mass is 10.1. The Labute approximate surface area is 149 Å². The minimum Gasteiger partial charge on any atom is -0.368 e. The maximum atomic E-state index is 12.6. The molecule has 6 nitrogen and oxygen atoms in total. The van der Waals surface area contributed by atoms with Crippen LogP contribution in [0.2, 0.25) is 0 Å². The van der Waals surface area contributed by atoms with Crippen LogP contribution in [0, 0.1) is 13.8 Å². The molecule has 1 aliphatic heterocycles. The van der Waals surface area contributed by atoms with Crippen LogP contribution in [0.4, 0.5) is 11.5 Å². The number of piperazine rings is 1. The van der Waals surface area contributed by atoms with E-state index in [0.29, 0.717) is 18.8 Å². The Morgan fingerprint density at radius 3 is 2.36 bits per heavy atom. The van der Waals surface area contributed by atoms with Crippen molar-refractivity contribution in [3.05, 3.63) is 47.4 Å². The van der Waals surface area contributed by atoms with Gasteiger partial charge in [0.2, 0.25) is 0 Å². The number of rotatable bonds is 3. The van der Waals surface area contributed by atoms with Crippen LogP contribution in [0.1, 0.15) is 21.6 Å². The Balaban J connectivity index is 1.65. The Kier molecular flexibility index (Phi) is 4.88. The molecule has 0 N–H and O–H groups in total. The van der Waals surface area contributed by atoms with Gasteiger partial charge in [-0.3, -0.25) is 4.79 Å². The first-order chi connectivity index (χ1) is 12.0. The molecule has 0 atom stereocenters. The quantitative estimate of drug-likeness (QED) is 0.857. The van der Waals surface area contributed by atoms with Gasteiger partial charge in [0.15, 0.2) is 0 Å². The van der Waals surface area contributed by atoms with Crippen LogP contribution in [-0.4, -0.2) is 61.0 Å². The Hall–Kier alpha value is -2.63. The molecular formula is C19H25N5O. The van der Waals surface area contributed by atoms with E-state index < -0.39 is 0 Å². The molecule has 25 heavy (non-hydrogen) atoms. The minimum absolute atomic E-state index is 0.0431. The SMILES string of the molecule is Cc1ccc(C)c(N2CCN(C(=O)c3cnc(N(C)C)cn3)CC2)c1. The van der Waals surface area contributed by atoms with E-state index in [1.807, 2.05) is 23.9 Å². The second-order valence-electron chi connectivity index (χ2n) is 6.72. The number of aromatic nitrogens is 2. The lowest BCUT2D eigenvalue weighted by Gasteiger charge is -2.36.